The third kappa shape index (κ3) is 2.10. The van der Waals surface area contributed by atoms with Crippen molar-refractivity contribution < 1.29 is 19.1 Å². The Morgan fingerprint density at radius 1 is 1.22 bits per heavy atom. The van der Waals surface area contributed by atoms with Gasteiger partial charge in [0, 0.05) is 0 Å². The molecule has 0 bridgehead atoms. The van der Waals surface area contributed by atoms with E-state index >= 15 is 0 Å². The van der Waals surface area contributed by atoms with Gasteiger partial charge in [0.2, 0.25) is 0 Å². The Bertz CT molecular complexity index is 427. The van der Waals surface area contributed by atoms with E-state index in [1.807, 2.05) is 6.92 Å². The van der Waals surface area contributed by atoms with Gasteiger partial charge in [-0.05, 0) is 30.9 Å². The fourth-order valence-corrected chi connectivity index (χ4v) is 2.45. The quantitative estimate of drug-likeness (QED) is 0.569. The fraction of sp³-hybridized carbons (Fsp3) is 0.429. The van der Waals surface area contributed by atoms with Crippen LogP contribution in [-0.2, 0) is 19.1 Å². The van der Waals surface area contributed by atoms with Gasteiger partial charge in [-0.1, -0.05) is 24.8 Å². The molecule has 0 atom stereocenters. The number of carbonyl (C=O) groups is 2. The van der Waals surface area contributed by atoms with E-state index in [1.165, 1.54) is 14.2 Å². The first-order valence-corrected chi connectivity index (χ1v) is 5.60. The Balaban J connectivity index is 3.30. The third-order valence-corrected chi connectivity index (χ3v) is 3.28. The standard InChI is InChI=1S/C14H18O4/c1-6-11-9(2)7-14(8-10(11)3,12(15)17-4)13(16)18-5/h6H,1-2,7-8H2,3-5H3. The second kappa shape index (κ2) is 5.21. The molecule has 0 N–H and O–H groups in total. The van der Waals surface area contributed by atoms with Crippen LogP contribution in [0.2, 0.25) is 0 Å². The van der Waals surface area contributed by atoms with Crippen molar-refractivity contribution in [3.8, 4) is 0 Å². The molecule has 4 nitrogen and oxygen atoms in total. The lowest BCUT2D eigenvalue weighted by Gasteiger charge is -2.34. The van der Waals surface area contributed by atoms with Crippen LogP contribution in [0, 0.1) is 5.41 Å². The van der Waals surface area contributed by atoms with Crippen LogP contribution in [-0.4, -0.2) is 26.2 Å². The smallest absolute Gasteiger partial charge is 0.323 e. The number of carbonyl (C=O) groups excluding carboxylic acids is 2. The van der Waals surface area contributed by atoms with Gasteiger partial charge in [-0.15, -0.1) is 0 Å². The number of hydrogen-bond donors (Lipinski definition) is 0. The Morgan fingerprint density at radius 2 is 1.72 bits per heavy atom. The van der Waals surface area contributed by atoms with Crippen LogP contribution >= 0.6 is 0 Å². The van der Waals surface area contributed by atoms with Crippen molar-refractivity contribution in [1.82, 2.24) is 0 Å². The summed E-state index contributed by atoms with van der Waals surface area (Å²) >= 11 is 0. The molecule has 0 aromatic rings. The van der Waals surface area contributed by atoms with E-state index in [0.29, 0.717) is 5.57 Å². The van der Waals surface area contributed by atoms with Crippen LogP contribution in [0.4, 0.5) is 0 Å². The van der Waals surface area contributed by atoms with E-state index in [9.17, 15) is 9.59 Å². The highest BCUT2D eigenvalue weighted by Gasteiger charge is 2.51. The lowest BCUT2D eigenvalue weighted by Crippen LogP contribution is -2.43. The van der Waals surface area contributed by atoms with Gasteiger partial charge in [-0.3, -0.25) is 9.59 Å². The summed E-state index contributed by atoms with van der Waals surface area (Å²) in [5.74, 6) is -1.17. The summed E-state index contributed by atoms with van der Waals surface area (Å²) in [6.07, 6.45) is 2.16. The van der Waals surface area contributed by atoms with Crippen molar-refractivity contribution in [3.63, 3.8) is 0 Å². The molecule has 0 aromatic heterocycles. The zero-order valence-electron chi connectivity index (χ0n) is 11.0. The van der Waals surface area contributed by atoms with Gasteiger partial charge in [0.25, 0.3) is 0 Å². The van der Waals surface area contributed by atoms with Crippen LogP contribution in [0.25, 0.3) is 0 Å². The number of rotatable bonds is 3. The maximum Gasteiger partial charge on any atom is 0.323 e. The summed E-state index contributed by atoms with van der Waals surface area (Å²) in [7, 11) is 2.52. The summed E-state index contributed by atoms with van der Waals surface area (Å²) in [5, 5.41) is 0. The summed E-state index contributed by atoms with van der Waals surface area (Å²) < 4.78 is 9.50. The highest BCUT2D eigenvalue weighted by atomic mass is 16.5. The van der Waals surface area contributed by atoms with Crippen LogP contribution in [0.3, 0.4) is 0 Å². The molecule has 0 fully saturated rings. The van der Waals surface area contributed by atoms with Gasteiger partial charge < -0.3 is 9.47 Å². The summed E-state index contributed by atoms with van der Waals surface area (Å²) in [6.45, 7) is 9.46. The Labute approximate surface area is 107 Å². The van der Waals surface area contributed by atoms with Crippen molar-refractivity contribution in [2.45, 2.75) is 19.8 Å². The van der Waals surface area contributed by atoms with Gasteiger partial charge in [0.15, 0.2) is 5.41 Å². The van der Waals surface area contributed by atoms with E-state index < -0.39 is 17.4 Å². The Hall–Kier alpha value is -1.84. The van der Waals surface area contributed by atoms with E-state index in [0.717, 1.165) is 11.1 Å². The Kier molecular flexibility index (Phi) is 4.11. The molecule has 1 rings (SSSR count). The molecule has 0 radical (unpaired) electrons. The molecule has 0 aromatic carbocycles. The number of ether oxygens (including phenoxy) is 2. The minimum Gasteiger partial charge on any atom is -0.468 e. The molecule has 0 amide bonds. The summed E-state index contributed by atoms with van der Waals surface area (Å²) in [5.41, 5.74) is 1.18. The SMILES string of the molecule is C=CC1=C(C)CC(C(=O)OC)(C(=O)OC)CC1=C. The van der Waals surface area contributed by atoms with Gasteiger partial charge >= 0.3 is 11.9 Å². The molecule has 0 spiro atoms. The molecule has 0 saturated heterocycles. The topological polar surface area (TPSA) is 52.6 Å². The van der Waals surface area contributed by atoms with E-state index in [2.05, 4.69) is 13.2 Å². The van der Waals surface area contributed by atoms with Crippen LogP contribution in [0.15, 0.2) is 36.0 Å². The van der Waals surface area contributed by atoms with Crippen molar-refractivity contribution in [2.24, 2.45) is 5.41 Å². The minimum atomic E-state index is -1.31. The Morgan fingerprint density at radius 3 is 2.06 bits per heavy atom. The maximum atomic E-state index is 12.0. The monoisotopic (exact) mass is 250 g/mol. The number of allylic oxidation sites excluding steroid dienone is 4. The average Bonchev–Trinajstić information content (AvgIpc) is 2.36. The minimum absolute atomic E-state index is 0.199. The van der Waals surface area contributed by atoms with Crippen molar-refractivity contribution in [2.75, 3.05) is 14.2 Å². The van der Waals surface area contributed by atoms with Crippen molar-refractivity contribution >= 4 is 11.9 Å². The largest absolute Gasteiger partial charge is 0.468 e. The van der Waals surface area contributed by atoms with Crippen molar-refractivity contribution in [1.29, 1.82) is 0 Å². The van der Waals surface area contributed by atoms with Crippen LogP contribution < -0.4 is 0 Å². The number of hydrogen-bond acceptors (Lipinski definition) is 4. The molecular weight excluding hydrogens is 232 g/mol. The molecule has 1 aliphatic rings. The van der Waals surface area contributed by atoms with Crippen LogP contribution in [0.5, 0.6) is 0 Å². The lowest BCUT2D eigenvalue weighted by atomic mass is 9.70. The number of methoxy groups -OCH3 is 2. The highest BCUT2D eigenvalue weighted by molar-refractivity contribution is 6.01. The van der Waals surface area contributed by atoms with Gasteiger partial charge in [-0.25, -0.2) is 0 Å². The van der Waals surface area contributed by atoms with Crippen molar-refractivity contribution in [3.05, 3.63) is 36.0 Å². The molecule has 0 unspecified atom stereocenters. The zero-order valence-corrected chi connectivity index (χ0v) is 11.0. The van der Waals surface area contributed by atoms with E-state index in [4.69, 9.17) is 9.47 Å². The molecule has 4 heteroatoms. The first-order chi connectivity index (χ1) is 8.42. The average molecular weight is 250 g/mol. The maximum absolute atomic E-state index is 12.0. The second-order valence-electron chi connectivity index (χ2n) is 4.42. The van der Waals surface area contributed by atoms with Crippen LogP contribution in [0.1, 0.15) is 19.8 Å². The first kappa shape index (κ1) is 14.2. The van der Waals surface area contributed by atoms with Gasteiger partial charge in [0.1, 0.15) is 0 Å². The molecule has 1 aliphatic carbocycles. The molecule has 0 aliphatic heterocycles. The van der Waals surface area contributed by atoms with E-state index in [1.54, 1.807) is 6.08 Å². The zero-order chi connectivity index (χ0) is 13.9. The molecule has 18 heavy (non-hydrogen) atoms. The highest BCUT2D eigenvalue weighted by Crippen LogP contribution is 2.43. The first-order valence-electron chi connectivity index (χ1n) is 5.60. The van der Waals surface area contributed by atoms with Gasteiger partial charge in [0.05, 0.1) is 14.2 Å². The predicted octanol–water partition coefficient (Wildman–Crippen LogP) is 2.17. The fourth-order valence-electron chi connectivity index (χ4n) is 2.45. The molecule has 0 heterocycles. The number of esters is 2. The third-order valence-electron chi connectivity index (χ3n) is 3.28. The summed E-state index contributed by atoms with van der Waals surface area (Å²) in [6, 6.07) is 0. The lowest BCUT2D eigenvalue weighted by molar-refractivity contribution is -0.169. The normalized spacial score (nSPS) is 18.3. The summed E-state index contributed by atoms with van der Waals surface area (Å²) in [4.78, 5) is 23.9. The second-order valence-corrected chi connectivity index (χ2v) is 4.42. The predicted molar refractivity (Wildman–Crippen MR) is 67.7 cm³/mol. The molecular formula is C14H18O4. The molecule has 0 saturated carbocycles. The van der Waals surface area contributed by atoms with E-state index in [-0.39, 0.29) is 12.8 Å². The van der Waals surface area contributed by atoms with Gasteiger partial charge in [-0.2, -0.15) is 0 Å². The molecule has 98 valence electrons.